The van der Waals surface area contributed by atoms with E-state index in [-0.39, 0.29) is 24.3 Å². The van der Waals surface area contributed by atoms with Gasteiger partial charge in [0.2, 0.25) is 0 Å². The quantitative estimate of drug-likeness (QED) is 0.900. The minimum Gasteiger partial charge on any atom is -0.508 e. The predicted octanol–water partition coefficient (Wildman–Crippen LogP) is 4.11. The average molecular weight is 285 g/mol. The van der Waals surface area contributed by atoms with Crippen molar-refractivity contribution in [3.8, 4) is 16.3 Å². The van der Waals surface area contributed by atoms with Gasteiger partial charge in [0, 0.05) is 10.9 Å². The van der Waals surface area contributed by atoms with Crippen LogP contribution in [0.5, 0.6) is 5.75 Å². The molecular weight excluding hydrogens is 275 g/mol. The smallest absolute Gasteiger partial charge is 0.399 e. The maximum atomic E-state index is 13.0. The van der Waals surface area contributed by atoms with Crippen LogP contribution in [0.2, 0.25) is 0 Å². The summed E-state index contributed by atoms with van der Waals surface area (Å²) < 4.78 is 38.9. The Morgan fingerprint density at radius 3 is 2.58 bits per heavy atom. The van der Waals surface area contributed by atoms with Gasteiger partial charge in [0.15, 0.2) is 0 Å². The molecule has 1 fully saturated rings. The SMILES string of the molecule is Oc1cccc(-c2nc(C3(C(F)(F)F)CC3)cs2)c1. The van der Waals surface area contributed by atoms with Crippen molar-refractivity contribution in [2.24, 2.45) is 0 Å². The Hall–Kier alpha value is -1.56. The molecule has 1 aromatic carbocycles. The van der Waals surface area contributed by atoms with E-state index in [1.807, 2.05) is 0 Å². The number of hydrogen-bond donors (Lipinski definition) is 1. The molecule has 1 heterocycles. The van der Waals surface area contributed by atoms with E-state index >= 15 is 0 Å². The van der Waals surface area contributed by atoms with Crippen LogP contribution in [0.4, 0.5) is 13.2 Å². The fraction of sp³-hybridized carbons (Fsp3) is 0.308. The summed E-state index contributed by atoms with van der Waals surface area (Å²) >= 11 is 1.17. The van der Waals surface area contributed by atoms with Gasteiger partial charge in [0.25, 0.3) is 0 Å². The highest BCUT2D eigenvalue weighted by Gasteiger charge is 2.65. The van der Waals surface area contributed by atoms with Crippen LogP contribution in [0.1, 0.15) is 18.5 Å². The minimum absolute atomic E-state index is 0.0752. The number of halogens is 3. The van der Waals surface area contributed by atoms with Crippen LogP contribution in [0.3, 0.4) is 0 Å². The number of phenols is 1. The first kappa shape index (κ1) is 12.5. The third-order valence-corrected chi connectivity index (χ3v) is 4.27. The monoisotopic (exact) mass is 285 g/mol. The molecule has 2 aromatic rings. The summed E-state index contributed by atoms with van der Waals surface area (Å²) in [6.07, 6.45) is -4.02. The average Bonchev–Trinajstić information content (AvgIpc) is 3.01. The topological polar surface area (TPSA) is 33.1 Å². The number of aromatic nitrogens is 1. The maximum Gasteiger partial charge on any atom is 0.399 e. The fourth-order valence-electron chi connectivity index (χ4n) is 2.07. The van der Waals surface area contributed by atoms with Crippen molar-refractivity contribution in [3.63, 3.8) is 0 Å². The molecule has 1 N–H and O–H groups in total. The second kappa shape index (κ2) is 3.96. The first-order chi connectivity index (χ1) is 8.92. The molecule has 0 unspecified atom stereocenters. The molecule has 6 heteroatoms. The molecule has 19 heavy (non-hydrogen) atoms. The highest BCUT2D eigenvalue weighted by atomic mass is 32.1. The second-order valence-corrected chi connectivity index (χ2v) is 5.53. The predicted molar refractivity (Wildman–Crippen MR) is 66.2 cm³/mol. The van der Waals surface area contributed by atoms with Crippen molar-refractivity contribution in [1.29, 1.82) is 0 Å². The van der Waals surface area contributed by atoms with Crippen molar-refractivity contribution in [2.75, 3.05) is 0 Å². The lowest BCUT2D eigenvalue weighted by Gasteiger charge is -2.16. The van der Waals surface area contributed by atoms with Crippen LogP contribution < -0.4 is 0 Å². The summed E-state index contributed by atoms with van der Waals surface area (Å²) in [6, 6.07) is 6.36. The molecule has 0 radical (unpaired) electrons. The van der Waals surface area contributed by atoms with E-state index in [9.17, 15) is 18.3 Å². The molecule has 0 saturated heterocycles. The number of benzene rings is 1. The molecule has 1 saturated carbocycles. The standard InChI is InChI=1S/C13H10F3NOS/c14-13(15,16)12(4-5-12)10-7-19-11(17-10)8-2-1-3-9(18)6-8/h1-3,6-7,18H,4-5H2. The Labute approximate surface area is 111 Å². The van der Waals surface area contributed by atoms with Gasteiger partial charge in [-0.25, -0.2) is 4.98 Å². The van der Waals surface area contributed by atoms with Gasteiger partial charge >= 0.3 is 6.18 Å². The van der Waals surface area contributed by atoms with Crippen molar-refractivity contribution in [2.45, 2.75) is 24.4 Å². The number of nitrogens with zero attached hydrogens (tertiary/aromatic N) is 1. The Kier molecular flexibility index (Phi) is 2.60. The van der Waals surface area contributed by atoms with Crippen LogP contribution >= 0.6 is 11.3 Å². The molecule has 2 nitrogen and oxygen atoms in total. The summed E-state index contributed by atoms with van der Waals surface area (Å²) in [5.74, 6) is 0.0752. The lowest BCUT2D eigenvalue weighted by molar-refractivity contribution is -0.161. The highest BCUT2D eigenvalue weighted by molar-refractivity contribution is 7.13. The maximum absolute atomic E-state index is 13.0. The lowest BCUT2D eigenvalue weighted by Crippen LogP contribution is -2.28. The Morgan fingerprint density at radius 1 is 1.26 bits per heavy atom. The summed E-state index contributed by atoms with van der Waals surface area (Å²) in [4.78, 5) is 4.11. The van der Waals surface area contributed by atoms with Crippen LogP contribution in [-0.2, 0) is 5.41 Å². The molecule has 0 amide bonds. The fourth-order valence-corrected chi connectivity index (χ4v) is 2.99. The van der Waals surface area contributed by atoms with E-state index in [2.05, 4.69) is 4.98 Å². The van der Waals surface area contributed by atoms with E-state index in [4.69, 9.17) is 0 Å². The molecule has 0 spiro atoms. The lowest BCUT2D eigenvalue weighted by atomic mass is 10.0. The zero-order chi connectivity index (χ0) is 13.7. The molecule has 0 atom stereocenters. The van der Waals surface area contributed by atoms with Gasteiger partial charge in [-0.3, -0.25) is 0 Å². The molecule has 1 aliphatic rings. The first-order valence-electron chi connectivity index (χ1n) is 5.74. The normalized spacial score (nSPS) is 17.4. The summed E-state index contributed by atoms with van der Waals surface area (Å²) in [7, 11) is 0. The van der Waals surface area contributed by atoms with Gasteiger partial charge in [0.05, 0.1) is 5.69 Å². The largest absolute Gasteiger partial charge is 0.508 e. The molecule has 100 valence electrons. The molecule has 0 aliphatic heterocycles. The second-order valence-electron chi connectivity index (χ2n) is 4.67. The number of thiazole rings is 1. The van der Waals surface area contributed by atoms with E-state index in [0.29, 0.717) is 10.6 Å². The summed E-state index contributed by atoms with van der Waals surface area (Å²) in [5.41, 5.74) is -1.00. The minimum atomic E-state index is -4.24. The Morgan fingerprint density at radius 2 is 2.00 bits per heavy atom. The molecule has 3 rings (SSSR count). The van der Waals surface area contributed by atoms with Gasteiger partial charge in [0.1, 0.15) is 16.2 Å². The van der Waals surface area contributed by atoms with Gasteiger partial charge in [-0.2, -0.15) is 13.2 Å². The molecule has 1 aromatic heterocycles. The van der Waals surface area contributed by atoms with Gasteiger partial charge in [-0.05, 0) is 25.0 Å². The Bertz CT molecular complexity index is 616. The van der Waals surface area contributed by atoms with Crippen LogP contribution in [-0.4, -0.2) is 16.3 Å². The van der Waals surface area contributed by atoms with Crippen LogP contribution in [0.25, 0.3) is 10.6 Å². The van der Waals surface area contributed by atoms with Gasteiger partial charge in [-0.1, -0.05) is 12.1 Å². The molecule has 1 aliphatic carbocycles. The van der Waals surface area contributed by atoms with Crippen molar-refractivity contribution in [3.05, 3.63) is 35.3 Å². The number of rotatable bonds is 2. The van der Waals surface area contributed by atoms with Crippen molar-refractivity contribution >= 4 is 11.3 Å². The van der Waals surface area contributed by atoms with Crippen LogP contribution in [0, 0.1) is 0 Å². The zero-order valence-electron chi connectivity index (χ0n) is 9.74. The Balaban J connectivity index is 1.97. The molecule has 0 bridgehead atoms. The van der Waals surface area contributed by atoms with Gasteiger partial charge in [-0.15, -0.1) is 11.3 Å². The first-order valence-corrected chi connectivity index (χ1v) is 6.62. The van der Waals surface area contributed by atoms with E-state index < -0.39 is 11.6 Å². The van der Waals surface area contributed by atoms with Crippen LogP contribution in [0.15, 0.2) is 29.6 Å². The third-order valence-electron chi connectivity index (χ3n) is 3.38. The summed E-state index contributed by atoms with van der Waals surface area (Å²) in [5, 5.41) is 11.4. The molecular formula is C13H10F3NOS. The third kappa shape index (κ3) is 2.00. The zero-order valence-corrected chi connectivity index (χ0v) is 10.6. The summed E-state index contributed by atoms with van der Waals surface area (Å²) in [6.45, 7) is 0. The van der Waals surface area contributed by atoms with E-state index in [1.165, 1.54) is 28.8 Å². The number of hydrogen-bond acceptors (Lipinski definition) is 3. The highest BCUT2D eigenvalue weighted by Crippen LogP contribution is 2.59. The number of phenolic OH excluding ortho intramolecular Hbond substituents is 1. The number of alkyl halides is 3. The van der Waals surface area contributed by atoms with E-state index in [0.717, 1.165) is 0 Å². The van der Waals surface area contributed by atoms with E-state index in [1.54, 1.807) is 12.1 Å². The van der Waals surface area contributed by atoms with Gasteiger partial charge < -0.3 is 5.11 Å². The van der Waals surface area contributed by atoms with Crippen molar-refractivity contribution in [1.82, 2.24) is 4.98 Å². The van der Waals surface area contributed by atoms with Crippen molar-refractivity contribution < 1.29 is 18.3 Å². The number of aromatic hydroxyl groups is 1.